The number of benzene rings is 1. The van der Waals surface area contributed by atoms with Gasteiger partial charge in [-0.05, 0) is 30.7 Å². The minimum atomic E-state index is -0.363. The van der Waals surface area contributed by atoms with Crippen molar-refractivity contribution >= 4 is 29.1 Å². The second-order valence-corrected chi connectivity index (χ2v) is 3.49. The monoisotopic (exact) mass is 240 g/mol. The van der Waals surface area contributed by atoms with E-state index < -0.39 is 0 Å². The molecule has 4 nitrogen and oxygen atoms in total. The number of amidine groups is 1. The minimum absolute atomic E-state index is 0.178. The van der Waals surface area contributed by atoms with Crippen LogP contribution in [0, 0.1) is 6.92 Å². The van der Waals surface area contributed by atoms with E-state index in [0.717, 1.165) is 5.56 Å². The van der Waals surface area contributed by atoms with E-state index in [-0.39, 0.29) is 11.8 Å². The molecule has 0 fully saturated rings. The fourth-order valence-electron chi connectivity index (χ4n) is 1.25. The zero-order valence-corrected chi connectivity index (χ0v) is 9.91. The van der Waals surface area contributed by atoms with Crippen LogP contribution in [0.15, 0.2) is 23.2 Å². The Bertz CT molecular complexity index is 430. The maximum absolute atomic E-state index is 11.3. The lowest BCUT2D eigenvalue weighted by atomic mass is 10.1. The van der Waals surface area contributed by atoms with Crippen molar-refractivity contribution in [1.29, 1.82) is 0 Å². The van der Waals surface area contributed by atoms with Crippen LogP contribution in [0.25, 0.3) is 0 Å². The zero-order valence-electron chi connectivity index (χ0n) is 9.16. The molecule has 0 unspecified atom stereocenters. The number of aliphatic imine (C=N–C) groups is 1. The molecule has 2 N–H and O–H groups in total. The van der Waals surface area contributed by atoms with E-state index >= 15 is 0 Å². The summed E-state index contributed by atoms with van der Waals surface area (Å²) >= 11 is 5.52. The number of alkyl halides is 1. The normalized spacial score (nSPS) is 11.3. The molecule has 1 aromatic rings. The van der Waals surface area contributed by atoms with Gasteiger partial charge < -0.3 is 10.5 Å². The second kappa shape index (κ2) is 5.51. The smallest absolute Gasteiger partial charge is 0.338 e. The highest BCUT2D eigenvalue weighted by Gasteiger charge is 2.08. The van der Waals surface area contributed by atoms with E-state index in [1.165, 1.54) is 7.11 Å². The number of rotatable bonds is 3. The highest BCUT2D eigenvalue weighted by molar-refractivity contribution is 6.28. The van der Waals surface area contributed by atoms with Gasteiger partial charge in [0, 0.05) is 0 Å². The highest BCUT2D eigenvalue weighted by Crippen LogP contribution is 2.18. The summed E-state index contributed by atoms with van der Waals surface area (Å²) in [6.07, 6.45) is 0. The Morgan fingerprint density at radius 3 is 2.75 bits per heavy atom. The van der Waals surface area contributed by atoms with E-state index in [9.17, 15) is 4.79 Å². The number of esters is 1. The van der Waals surface area contributed by atoms with Crippen LogP contribution in [0.4, 0.5) is 5.69 Å². The molecule has 0 aliphatic heterocycles. The Balaban J connectivity index is 3.04. The van der Waals surface area contributed by atoms with E-state index in [1.807, 2.05) is 6.92 Å². The number of halogens is 1. The summed E-state index contributed by atoms with van der Waals surface area (Å²) in [5.41, 5.74) is 7.48. The van der Waals surface area contributed by atoms with Gasteiger partial charge in [-0.2, -0.15) is 0 Å². The molecule has 1 aromatic carbocycles. The third-order valence-electron chi connectivity index (χ3n) is 2.02. The lowest BCUT2D eigenvalue weighted by Gasteiger charge is -2.04. The number of nitrogens with zero attached hydrogens (tertiary/aromatic N) is 1. The highest BCUT2D eigenvalue weighted by atomic mass is 35.5. The number of ether oxygens (including phenoxy) is 1. The molecule has 0 bridgehead atoms. The molecule has 0 saturated heterocycles. The molecule has 16 heavy (non-hydrogen) atoms. The third kappa shape index (κ3) is 2.97. The summed E-state index contributed by atoms with van der Waals surface area (Å²) in [6.45, 7) is 1.81. The fraction of sp³-hybridized carbons (Fsp3) is 0.273. The van der Waals surface area contributed by atoms with Crippen LogP contribution in [-0.2, 0) is 4.74 Å². The van der Waals surface area contributed by atoms with Crippen molar-refractivity contribution in [3.8, 4) is 0 Å². The van der Waals surface area contributed by atoms with Gasteiger partial charge in [-0.15, -0.1) is 11.6 Å². The fourth-order valence-corrected chi connectivity index (χ4v) is 1.31. The summed E-state index contributed by atoms with van der Waals surface area (Å²) in [6, 6.07) is 5.10. The quantitative estimate of drug-likeness (QED) is 0.380. The molecule has 0 spiro atoms. The van der Waals surface area contributed by atoms with Gasteiger partial charge in [0.05, 0.1) is 24.2 Å². The molecule has 0 aromatic heterocycles. The molecule has 5 heteroatoms. The van der Waals surface area contributed by atoms with Gasteiger partial charge in [-0.3, -0.25) is 0 Å². The van der Waals surface area contributed by atoms with Crippen LogP contribution in [0.1, 0.15) is 15.9 Å². The van der Waals surface area contributed by atoms with Crippen molar-refractivity contribution in [2.24, 2.45) is 10.7 Å². The van der Waals surface area contributed by atoms with Crippen molar-refractivity contribution in [2.45, 2.75) is 6.92 Å². The van der Waals surface area contributed by atoms with Crippen LogP contribution >= 0.6 is 11.6 Å². The van der Waals surface area contributed by atoms with Gasteiger partial charge in [-0.1, -0.05) is 0 Å². The third-order valence-corrected chi connectivity index (χ3v) is 2.30. The molecule has 0 saturated carbocycles. The van der Waals surface area contributed by atoms with E-state index in [1.54, 1.807) is 18.2 Å². The summed E-state index contributed by atoms with van der Waals surface area (Å²) in [4.78, 5) is 15.4. The molecule has 0 radical (unpaired) electrons. The van der Waals surface area contributed by atoms with Crippen LogP contribution < -0.4 is 5.73 Å². The van der Waals surface area contributed by atoms with Crippen molar-refractivity contribution in [3.05, 3.63) is 29.3 Å². The first-order valence-corrected chi connectivity index (χ1v) is 5.20. The van der Waals surface area contributed by atoms with Crippen LogP contribution in [0.2, 0.25) is 0 Å². The molecule has 0 aliphatic carbocycles. The van der Waals surface area contributed by atoms with Crippen molar-refractivity contribution in [1.82, 2.24) is 0 Å². The first-order chi connectivity index (χ1) is 7.58. The van der Waals surface area contributed by atoms with Gasteiger partial charge in [-0.25, -0.2) is 9.79 Å². The van der Waals surface area contributed by atoms with Crippen LogP contribution in [-0.4, -0.2) is 24.8 Å². The lowest BCUT2D eigenvalue weighted by molar-refractivity contribution is 0.0600. The summed E-state index contributed by atoms with van der Waals surface area (Å²) in [5, 5.41) is 0. The Morgan fingerprint density at radius 1 is 1.56 bits per heavy atom. The minimum Gasteiger partial charge on any atom is -0.465 e. The Kier molecular flexibility index (Phi) is 4.31. The zero-order chi connectivity index (χ0) is 12.1. The predicted octanol–water partition coefficient (Wildman–Crippen LogP) is 2.01. The van der Waals surface area contributed by atoms with Gasteiger partial charge in [0.25, 0.3) is 0 Å². The summed E-state index contributed by atoms with van der Waals surface area (Å²) < 4.78 is 4.64. The molecule has 86 valence electrons. The summed E-state index contributed by atoms with van der Waals surface area (Å²) in [5.74, 6) is 0.155. The standard InChI is InChI=1S/C11H13ClN2O2/c1-7-5-8(14-10(13)6-12)3-4-9(7)11(15)16-2/h3-5H,6H2,1-2H3,(H2,13,14). The molecular formula is C11H13ClN2O2. The molecular weight excluding hydrogens is 228 g/mol. The van der Waals surface area contributed by atoms with Crippen molar-refractivity contribution in [3.63, 3.8) is 0 Å². The first kappa shape index (κ1) is 12.5. The number of hydrogen-bond acceptors (Lipinski definition) is 3. The molecule has 0 heterocycles. The molecule has 0 aliphatic rings. The van der Waals surface area contributed by atoms with Gasteiger partial charge in [0.2, 0.25) is 0 Å². The maximum Gasteiger partial charge on any atom is 0.338 e. The first-order valence-electron chi connectivity index (χ1n) is 4.66. The Labute approximate surface area is 99.1 Å². The topological polar surface area (TPSA) is 64.7 Å². The SMILES string of the molecule is COC(=O)c1ccc(N=C(N)CCl)cc1C. The number of methoxy groups -OCH3 is 1. The van der Waals surface area contributed by atoms with E-state index in [4.69, 9.17) is 17.3 Å². The molecule has 1 rings (SSSR count). The maximum atomic E-state index is 11.3. The van der Waals surface area contributed by atoms with Crippen molar-refractivity contribution in [2.75, 3.05) is 13.0 Å². The van der Waals surface area contributed by atoms with Crippen LogP contribution in [0.3, 0.4) is 0 Å². The number of carbonyl (C=O) groups is 1. The Morgan fingerprint density at radius 2 is 2.25 bits per heavy atom. The average Bonchev–Trinajstić information content (AvgIpc) is 2.28. The number of aryl methyl sites for hydroxylation is 1. The second-order valence-electron chi connectivity index (χ2n) is 3.23. The number of nitrogens with two attached hydrogens (primary N) is 1. The van der Waals surface area contributed by atoms with E-state index in [0.29, 0.717) is 17.1 Å². The van der Waals surface area contributed by atoms with Crippen molar-refractivity contribution < 1.29 is 9.53 Å². The molecule has 0 atom stereocenters. The number of hydrogen-bond donors (Lipinski definition) is 1. The van der Waals surface area contributed by atoms with Gasteiger partial charge >= 0.3 is 5.97 Å². The van der Waals surface area contributed by atoms with Gasteiger partial charge in [0.15, 0.2) is 0 Å². The molecule has 0 amide bonds. The number of carbonyl (C=O) groups excluding carboxylic acids is 1. The average molecular weight is 241 g/mol. The van der Waals surface area contributed by atoms with Gasteiger partial charge in [0.1, 0.15) is 5.84 Å². The lowest BCUT2D eigenvalue weighted by Crippen LogP contribution is -2.12. The Hall–Kier alpha value is -1.55. The van der Waals surface area contributed by atoms with E-state index in [2.05, 4.69) is 9.73 Å². The van der Waals surface area contributed by atoms with Crippen LogP contribution in [0.5, 0.6) is 0 Å². The predicted molar refractivity (Wildman–Crippen MR) is 64.5 cm³/mol. The largest absolute Gasteiger partial charge is 0.465 e. The summed E-state index contributed by atoms with van der Waals surface area (Å²) in [7, 11) is 1.35.